The number of fused-ring (bicyclic) bond motifs is 1. The fraction of sp³-hybridized carbons (Fsp3) is 0.435. The van der Waals surface area contributed by atoms with Crippen LogP contribution in [-0.2, 0) is 0 Å². The van der Waals surface area contributed by atoms with Crippen LogP contribution in [-0.4, -0.2) is 25.1 Å². The number of ether oxygens (including phenoxy) is 1. The largest absolute Gasteiger partial charge is 0.497 e. The summed E-state index contributed by atoms with van der Waals surface area (Å²) in [5, 5.41) is 3.86. The summed E-state index contributed by atoms with van der Waals surface area (Å²) in [4.78, 5) is 15.3. The normalized spacial score (nSPS) is 22.5. The molecule has 0 spiro atoms. The van der Waals surface area contributed by atoms with Crippen LogP contribution in [0, 0.1) is 0 Å². The molecule has 2 atom stereocenters. The molecule has 1 amide bonds. The van der Waals surface area contributed by atoms with E-state index in [1.165, 1.54) is 31.2 Å². The molecule has 0 radical (unpaired) electrons. The van der Waals surface area contributed by atoms with E-state index < -0.39 is 0 Å². The van der Waals surface area contributed by atoms with Crippen LogP contribution in [0.2, 0.25) is 0 Å². The number of nitrogens with one attached hydrogen (secondary N) is 1. The lowest BCUT2D eigenvalue weighted by atomic mass is 9.90. The average Bonchev–Trinajstić information content (AvgIpc) is 3.21. The highest BCUT2D eigenvalue weighted by Gasteiger charge is 2.35. The van der Waals surface area contributed by atoms with Gasteiger partial charge in [0.25, 0.3) is 5.91 Å². The quantitative estimate of drug-likeness (QED) is 0.854. The number of benzene rings is 2. The van der Waals surface area contributed by atoms with Crippen LogP contribution in [0.25, 0.3) is 0 Å². The maximum Gasteiger partial charge on any atom is 0.258 e. The van der Waals surface area contributed by atoms with Crippen LogP contribution >= 0.6 is 0 Å². The van der Waals surface area contributed by atoms with Gasteiger partial charge in [0.15, 0.2) is 0 Å². The first-order chi connectivity index (χ1) is 13.2. The Balaban J connectivity index is 1.63. The number of amides is 1. The third-order valence-electron chi connectivity index (χ3n) is 5.94. The Labute approximate surface area is 161 Å². The van der Waals surface area contributed by atoms with Crippen LogP contribution in [0.3, 0.4) is 0 Å². The molecule has 4 nitrogen and oxygen atoms in total. The Kier molecular flexibility index (Phi) is 5.17. The molecular weight excluding hydrogens is 336 g/mol. The molecule has 1 aliphatic heterocycles. The average molecular weight is 364 g/mol. The van der Waals surface area contributed by atoms with E-state index in [-0.39, 0.29) is 11.9 Å². The van der Waals surface area contributed by atoms with Crippen LogP contribution in [0.4, 0.5) is 5.69 Å². The molecular formula is C23H28N2O2. The van der Waals surface area contributed by atoms with Crippen molar-refractivity contribution in [1.82, 2.24) is 5.32 Å². The van der Waals surface area contributed by atoms with Gasteiger partial charge in [0.1, 0.15) is 5.75 Å². The summed E-state index contributed by atoms with van der Waals surface area (Å²) in [5.41, 5.74) is 2.97. The molecule has 4 heteroatoms. The van der Waals surface area contributed by atoms with E-state index in [2.05, 4.69) is 30.4 Å². The molecule has 1 fully saturated rings. The summed E-state index contributed by atoms with van der Waals surface area (Å²) in [5.74, 6) is 0.816. The summed E-state index contributed by atoms with van der Waals surface area (Å²) in [7, 11) is 1.64. The van der Waals surface area contributed by atoms with Gasteiger partial charge in [-0.3, -0.25) is 4.79 Å². The van der Waals surface area contributed by atoms with Gasteiger partial charge in [0.05, 0.1) is 7.11 Å². The number of hydrogen-bond acceptors (Lipinski definition) is 3. The van der Waals surface area contributed by atoms with Gasteiger partial charge in [-0.05, 0) is 62.1 Å². The van der Waals surface area contributed by atoms with Gasteiger partial charge in [-0.2, -0.15) is 0 Å². The first kappa shape index (κ1) is 18.1. The van der Waals surface area contributed by atoms with E-state index in [1.54, 1.807) is 7.11 Å². The van der Waals surface area contributed by atoms with Gasteiger partial charge in [0.2, 0.25) is 0 Å². The minimum atomic E-state index is 0.0527. The van der Waals surface area contributed by atoms with Crippen molar-refractivity contribution in [1.29, 1.82) is 0 Å². The minimum Gasteiger partial charge on any atom is -0.497 e. The number of nitrogens with zero attached hydrogens (tertiary/aromatic N) is 1. The molecule has 0 aromatic heterocycles. The van der Waals surface area contributed by atoms with Crippen molar-refractivity contribution in [2.45, 2.75) is 57.2 Å². The van der Waals surface area contributed by atoms with Crippen molar-refractivity contribution in [2.75, 3.05) is 12.0 Å². The molecule has 142 valence electrons. The van der Waals surface area contributed by atoms with Crippen LogP contribution < -0.4 is 15.0 Å². The highest BCUT2D eigenvalue weighted by molar-refractivity contribution is 6.07. The van der Waals surface area contributed by atoms with Crippen LogP contribution in [0.5, 0.6) is 5.75 Å². The van der Waals surface area contributed by atoms with E-state index in [0.29, 0.717) is 17.6 Å². The van der Waals surface area contributed by atoms with Crippen molar-refractivity contribution >= 4 is 11.6 Å². The molecule has 4 rings (SSSR count). The molecule has 0 saturated heterocycles. The monoisotopic (exact) mass is 364 g/mol. The molecule has 1 saturated carbocycles. The summed E-state index contributed by atoms with van der Waals surface area (Å²) < 4.78 is 5.22. The van der Waals surface area contributed by atoms with Gasteiger partial charge >= 0.3 is 0 Å². The highest BCUT2D eigenvalue weighted by Crippen LogP contribution is 2.39. The van der Waals surface area contributed by atoms with Gasteiger partial charge in [0, 0.05) is 29.4 Å². The molecule has 1 N–H and O–H groups in total. The second kappa shape index (κ2) is 7.73. The lowest BCUT2D eigenvalue weighted by Gasteiger charge is -2.40. The molecule has 2 aromatic rings. The number of anilines is 1. The topological polar surface area (TPSA) is 41.6 Å². The minimum absolute atomic E-state index is 0.0527. The SMILES string of the molecule is COc1ccc(C(=O)N2c3ccccc3C(NC3CCCC3)CC2C)cc1. The van der Waals surface area contributed by atoms with Crippen molar-refractivity contribution in [3.63, 3.8) is 0 Å². The molecule has 27 heavy (non-hydrogen) atoms. The van der Waals surface area contributed by atoms with Crippen molar-refractivity contribution < 1.29 is 9.53 Å². The zero-order chi connectivity index (χ0) is 18.8. The second-order valence-corrected chi connectivity index (χ2v) is 7.75. The standard InChI is InChI=1S/C23H28N2O2/c1-16-15-21(24-18-7-3-4-8-18)20-9-5-6-10-22(20)25(16)23(26)17-11-13-19(27-2)14-12-17/h5-6,9-14,16,18,21,24H,3-4,7-8,15H2,1-2H3. The Morgan fingerprint density at radius 2 is 1.78 bits per heavy atom. The third kappa shape index (κ3) is 3.59. The zero-order valence-electron chi connectivity index (χ0n) is 16.2. The molecule has 0 bridgehead atoms. The van der Waals surface area contributed by atoms with Gasteiger partial charge in [-0.15, -0.1) is 0 Å². The predicted octanol–water partition coefficient (Wildman–Crippen LogP) is 4.71. The molecule has 2 unspecified atom stereocenters. The second-order valence-electron chi connectivity index (χ2n) is 7.75. The fourth-order valence-electron chi connectivity index (χ4n) is 4.53. The maximum atomic E-state index is 13.3. The lowest BCUT2D eigenvalue weighted by Crippen LogP contribution is -2.46. The Hall–Kier alpha value is -2.33. The van der Waals surface area contributed by atoms with E-state index in [4.69, 9.17) is 4.74 Å². The number of methoxy groups -OCH3 is 1. The number of hydrogen-bond donors (Lipinski definition) is 1. The fourth-order valence-corrected chi connectivity index (χ4v) is 4.53. The zero-order valence-corrected chi connectivity index (χ0v) is 16.2. The van der Waals surface area contributed by atoms with Crippen molar-refractivity contribution in [3.05, 3.63) is 59.7 Å². The number of para-hydroxylation sites is 1. The Morgan fingerprint density at radius 1 is 1.07 bits per heavy atom. The Morgan fingerprint density at radius 3 is 2.48 bits per heavy atom. The van der Waals surface area contributed by atoms with E-state index in [0.717, 1.165) is 17.9 Å². The summed E-state index contributed by atoms with van der Waals surface area (Å²) in [6, 6.07) is 16.8. The van der Waals surface area contributed by atoms with Gasteiger partial charge in [-0.25, -0.2) is 0 Å². The third-order valence-corrected chi connectivity index (χ3v) is 5.94. The van der Waals surface area contributed by atoms with E-state index in [9.17, 15) is 4.79 Å². The molecule has 2 aromatic carbocycles. The number of carbonyl (C=O) groups excluding carboxylic acids is 1. The van der Waals surface area contributed by atoms with E-state index in [1.807, 2.05) is 35.2 Å². The Bertz CT molecular complexity index is 796. The molecule has 1 heterocycles. The van der Waals surface area contributed by atoms with Crippen LogP contribution in [0.1, 0.15) is 61.0 Å². The van der Waals surface area contributed by atoms with Crippen molar-refractivity contribution in [3.8, 4) is 5.75 Å². The number of carbonyl (C=O) groups is 1. The van der Waals surface area contributed by atoms with Crippen LogP contribution in [0.15, 0.2) is 48.5 Å². The van der Waals surface area contributed by atoms with Crippen molar-refractivity contribution in [2.24, 2.45) is 0 Å². The summed E-state index contributed by atoms with van der Waals surface area (Å²) in [6.07, 6.45) is 6.12. The van der Waals surface area contributed by atoms with E-state index >= 15 is 0 Å². The lowest BCUT2D eigenvalue weighted by molar-refractivity contribution is 0.0972. The first-order valence-corrected chi connectivity index (χ1v) is 10.00. The van der Waals surface area contributed by atoms with Gasteiger partial charge in [-0.1, -0.05) is 31.0 Å². The summed E-state index contributed by atoms with van der Waals surface area (Å²) >= 11 is 0. The molecule has 2 aliphatic rings. The molecule has 1 aliphatic carbocycles. The summed E-state index contributed by atoms with van der Waals surface area (Å²) in [6.45, 7) is 2.15. The first-order valence-electron chi connectivity index (χ1n) is 10.00. The predicted molar refractivity (Wildman–Crippen MR) is 108 cm³/mol. The smallest absolute Gasteiger partial charge is 0.258 e. The van der Waals surface area contributed by atoms with Gasteiger partial charge < -0.3 is 15.0 Å². The highest BCUT2D eigenvalue weighted by atomic mass is 16.5. The number of rotatable bonds is 4. The maximum absolute atomic E-state index is 13.3.